The van der Waals surface area contributed by atoms with E-state index in [0.29, 0.717) is 15.6 Å². The molecule has 0 N–H and O–H groups in total. The maximum atomic E-state index is 2.55. The molecule has 0 nitrogen and oxygen atoms in total. The van der Waals surface area contributed by atoms with E-state index in [1.54, 1.807) is 0 Å². The maximum Gasteiger partial charge on any atom is 0.0167 e. The molecule has 88 valence electrons. The molecule has 1 heteroatoms. The van der Waals surface area contributed by atoms with Crippen LogP contribution in [-0.2, 0) is 0 Å². The van der Waals surface area contributed by atoms with Gasteiger partial charge in [-0.2, -0.15) is 11.8 Å². The highest BCUT2D eigenvalue weighted by Crippen LogP contribution is 2.61. The van der Waals surface area contributed by atoms with Gasteiger partial charge >= 0.3 is 0 Å². The van der Waals surface area contributed by atoms with Crippen molar-refractivity contribution in [3.8, 4) is 0 Å². The van der Waals surface area contributed by atoms with Gasteiger partial charge in [-0.25, -0.2) is 0 Å². The van der Waals surface area contributed by atoms with Gasteiger partial charge in [-0.15, -0.1) is 0 Å². The second-order valence-corrected chi connectivity index (χ2v) is 8.02. The largest absolute Gasteiger partial charge is 0.159 e. The molecule has 0 unspecified atom stereocenters. The molecule has 2 bridgehead atoms. The second-order valence-electron chi connectivity index (χ2n) is 6.75. The molecule has 0 aromatic heterocycles. The van der Waals surface area contributed by atoms with Gasteiger partial charge in [0.15, 0.2) is 0 Å². The van der Waals surface area contributed by atoms with Crippen molar-refractivity contribution in [2.24, 2.45) is 10.8 Å². The number of hydrogen-bond acceptors (Lipinski definition) is 1. The Morgan fingerprint density at radius 1 is 1.07 bits per heavy atom. The third-order valence-electron chi connectivity index (χ3n) is 5.05. The van der Waals surface area contributed by atoms with Crippen LogP contribution in [0.4, 0.5) is 0 Å². The minimum Gasteiger partial charge on any atom is -0.159 e. The van der Waals surface area contributed by atoms with Crippen LogP contribution in [0.15, 0.2) is 0 Å². The summed E-state index contributed by atoms with van der Waals surface area (Å²) < 4.78 is 0.635. The van der Waals surface area contributed by atoms with Gasteiger partial charge in [0.05, 0.1) is 0 Å². The van der Waals surface area contributed by atoms with Gasteiger partial charge in [0, 0.05) is 4.75 Å². The van der Waals surface area contributed by atoms with E-state index in [1.807, 2.05) is 0 Å². The highest BCUT2D eigenvalue weighted by Gasteiger charge is 2.51. The monoisotopic (exact) mass is 226 g/mol. The molecule has 2 saturated carbocycles. The Hall–Kier alpha value is 0.350. The van der Waals surface area contributed by atoms with Crippen LogP contribution in [0, 0.1) is 10.8 Å². The number of fused-ring (bicyclic) bond motifs is 2. The van der Waals surface area contributed by atoms with E-state index in [4.69, 9.17) is 0 Å². The molecule has 2 aliphatic carbocycles. The molecular weight excluding hydrogens is 200 g/mol. The van der Waals surface area contributed by atoms with Crippen LogP contribution in [-0.4, -0.2) is 11.0 Å². The van der Waals surface area contributed by atoms with Crippen molar-refractivity contribution in [1.29, 1.82) is 0 Å². The third-order valence-corrected chi connectivity index (χ3v) is 6.41. The van der Waals surface area contributed by atoms with Crippen molar-refractivity contribution in [2.45, 2.75) is 70.5 Å². The highest BCUT2D eigenvalue weighted by molar-refractivity contribution is 8.00. The number of thioether (sulfide) groups is 1. The summed E-state index contributed by atoms with van der Waals surface area (Å²) in [7, 11) is 0. The standard InChI is InChI=1S/C14H26S/c1-5-12(2)9-13(3)7-6-8-14(10-12,11-13)15-4/h5-11H2,1-4H3/t12-,13+,14+/m0/s1. The summed E-state index contributed by atoms with van der Waals surface area (Å²) in [4.78, 5) is 0. The van der Waals surface area contributed by atoms with Gasteiger partial charge in [0.2, 0.25) is 0 Å². The van der Waals surface area contributed by atoms with Crippen LogP contribution in [0.1, 0.15) is 65.7 Å². The summed E-state index contributed by atoms with van der Waals surface area (Å²) in [5.74, 6) is 0. The lowest BCUT2D eigenvalue weighted by Gasteiger charge is -2.57. The van der Waals surface area contributed by atoms with Gasteiger partial charge in [-0.05, 0) is 49.2 Å². The molecule has 0 heterocycles. The molecule has 0 amide bonds. The van der Waals surface area contributed by atoms with E-state index in [1.165, 1.54) is 44.9 Å². The first-order valence-corrected chi connectivity index (χ1v) is 7.73. The number of rotatable bonds is 2. The van der Waals surface area contributed by atoms with Gasteiger partial charge in [0.1, 0.15) is 0 Å². The molecule has 2 fully saturated rings. The Balaban J connectivity index is 2.27. The Bertz CT molecular complexity index is 243. The third kappa shape index (κ3) is 2.09. The average molecular weight is 226 g/mol. The van der Waals surface area contributed by atoms with Crippen molar-refractivity contribution >= 4 is 11.8 Å². The van der Waals surface area contributed by atoms with E-state index in [2.05, 4.69) is 38.8 Å². The van der Waals surface area contributed by atoms with Gasteiger partial charge < -0.3 is 0 Å². The predicted molar refractivity (Wildman–Crippen MR) is 70.5 cm³/mol. The molecule has 0 radical (unpaired) electrons. The topological polar surface area (TPSA) is 0 Å². The fourth-order valence-corrected chi connectivity index (χ4v) is 5.79. The first-order valence-electron chi connectivity index (χ1n) is 6.50. The average Bonchev–Trinajstić information content (AvgIpc) is 2.16. The lowest BCUT2D eigenvalue weighted by atomic mass is 9.54. The van der Waals surface area contributed by atoms with Crippen molar-refractivity contribution < 1.29 is 0 Å². The van der Waals surface area contributed by atoms with Gasteiger partial charge in [0.25, 0.3) is 0 Å². The number of hydrogen-bond donors (Lipinski definition) is 0. The molecular formula is C14H26S. The van der Waals surface area contributed by atoms with E-state index in [-0.39, 0.29) is 0 Å². The first-order chi connectivity index (χ1) is 6.95. The molecule has 0 aliphatic heterocycles. The summed E-state index contributed by atoms with van der Waals surface area (Å²) in [5, 5.41) is 0. The second kappa shape index (κ2) is 3.68. The van der Waals surface area contributed by atoms with Gasteiger partial charge in [-0.3, -0.25) is 0 Å². The van der Waals surface area contributed by atoms with Crippen LogP contribution >= 0.6 is 11.8 Å². The Kier molecular flexibility index (Phi) is 2.90. The molecule has 0 saturated heterocycles. The molecule has 2 aliphatic rings. The molecule has 3 atom stereocenters. The fourth-order valence-electron chi connectivity index (χ4n) is 4.46. The Morgan fingerprint density at radius 3 is 2.40 bits per heavy atom. The summed E-state index contributed by atoms with van der Waals surface area (Å²) in [6.45, 7) is 7.46. The minimum absolute atomic E-state index is 0.621. The maximum absolute atomic E-state index is 2.55. The zero-order chi connectivity index (χ0) is 11.2. The molecule has 0 aromatic rings. The quantitative estimate of drug-likeness (QED) is 0.647. The minimum atomic E-state index is 0.621. The SMILES string of the molecule is CC[C@@]1(C)C[C@@]2(C)CCC[C@@](SC)(C1)C2. The van der Waals surface area contributed by atoms with Crippen LogP contribution in [0.5, 0.6) is 0 Å². The van der Waals surface area contributed by atoms with Crippen LogP contribution < -0.4 is 0 Å². The Morgan fingerprint density at radius 2 is 1.80 bits per heavy atom. The van der Waals surface area contributed by atoms with Crippen LogP contribution in [0.3, 0.4) is 0 Å². The van der Waals surface area contributed by atoms with E-state index >= 15 is 0 Å². The normalized spacial score (nSPS) is 50.4. The molecule has 15 heavy (non-hydrogen) atoms. The fraction of sp³-hybridized carbons (Fsp3) is 1.00. The van der Waals surface area contributed by atoms with Crippen molar-refractivity contribution in [3.05, 3.63) is 0 Å². The Labute approximate surface area is 99.6 Å². The van der Waals surface area contributed by atoms with Gasteiger partial charge in [-0.1, -0.05) is 33.6 Å². The summed E-state index contributed by atoms with van der Waals surface area (Å²) >= 11 is 2.16. The smallest absolute Gasteiger partial charge is 0.0167 e. The summed E-state index contributed by atoms with van der Waals surface area (Å²) in [5.41, 5.74) is 1.28. The zero-order valence-corrected chi connectivity index (χ0v) is 11.7. The molecule has 0 aromatic carbocycles. The van der Waals surface area contributed by atoms with E-state index in [9.17, 15) is 0 Å². The summed E-state index contributed by atoms with van der Waals surface area (Å²) in [6, 6.07) is 0. The van der Waals surface area contributed by atoms with Crippen molar-refractivity contribution in [3.63, 3.8) is 0 Å². The van der Waals surface area contributed by atoms with Crippen LogP contribution in [0.2, 0.25) is 0 Å². The van der Waals surface area contributed by atoms with Crippen molar-refractivity contribution in [2.75, 3.05) is 6.26 Å². The van der Waals surface area contributed by atoms with E-state index in [0.717, 1.165) is 0 Å². The van der Waals surface area contributed by atoms with Crippen molar-refractivity contribution in [1.82, 2.24) is 0 Å². The summed E-state index contributed by atoms with van der Waals surface area (Å²) in [6.07, 6.45) is 12.5. The van der Waals surface area contributed by atoms with Crippen LogP contribution in [0.25, 0.3) is 0 Å². The highest BCUT2D eigenvalue weighted by atomic mass is 32.2. The molecule has 0 spiro atoms. The predicted octanol–water partition coefficient (Wildman–Crippen LogP) is 4.88. The first kappa shape index (κ1) is 11.8. The zero-order valence-electron chi connectivity index (χ0n) is 10.9. The lowest BCUT2D eigenvalue weighted by molar-refractivity contribution is 0.0178. The lowest BCUT2D eigenvalue weighted by Crippen LogP contribution is -2.48. The van der Waals surface area contributed by atoms with E-state index < -0.39 is 0 Å². The molecule has 2 rings (SSSR count).